The second kappa shape index (κ2) is 5.21. The molecule has 3 nitrogen and oxygen atoms in total. The topological polar surface area (TPSA) is 52.2 Å². The zero-order valence-electron chi connectivity index (χ0n) is 8.68. The summed E-state index contributed by atoms with van der Waals surface area (Å²) in [5.74, 6) is 0. The first-order valence-electron chi connectivity index (χ1n) is 5.07. The highest BCUT2D eigenvalue weighted by molar-refractivity contribution is 7.77. The SMILES string of the molecule is O=S([O-])NCCc1cccc2ccccc12. The molecule has 1 N–H and O–H groups in total. The average Bonchev–Trinajstić information content (AvgIpc) is 2.29. The maximum absolute atomic E-state index is 10.3. The largest absolute Gasteiger partial charge is 0.760 e. The van der Waals surface area contributed by atoms with E-state index in [-0.39, 0.29) is 0 Å². The first-order valence-corrected chi connectivity index (χ1v) is 6.14. The second-order valence-electron chi connectivity index (χ2n) is 3.52. The Balaban J connectivity index is 2.20. The number of fused-ring (bicyclic) bond motifs is 1. The second-order valence-corrected chi connectivity index (χ2v) is 4.28. The van der Waals surface area contributed by atoms with E-state index in [2.05, 4.69) is 22.9 Å². The van der Waals surface area contributed by atoms with Crippen molar-refractivity contribution >= 4 is 22.0 Å². The molecule has 0 saturated heterocycles. The average molecular weight is 234 g/mol. The Bertz CT molecular complexity index is 508. The minimum absolute atomic E-state index is 0.435. The van der Waals surface area contributed by atoms with Crippen LogP contribution in [-0.2, 0) is 17.7 Å². The lowest BCUT2D eigenvalue weighted by molar-refractivity contribution is 0.523. The Morgan fingerprint density at radius 1 is 1.12 bits per heavy atom. The number of rotatable bonds is 4. The van der Waals surface area contributed by atoms with Gasteiger partial charge < -0.3 is 4.55 Å². The van der Waals surface area contributed by atoms with Crippen molar-refractivity contribution in [3.8, 4) is 0 Å². The molecule has 0 bridgehead atoms. The smallest absolute Gasteiger partial charge is 0.0181 e. The van der Waals surface area contributed by atoms with E-state index in [1.54, 1.807) is 0 Å². The van der Waals surface area contributed by atoms with Crippen molar-refractivity contribution in [1.82, 2.24) is 4.72 Å². The minimum atomic E-state index is -2.17. The van der Waals surface area contributed by atoms with Gasteiger partial charge in [0.25, 0.3) is 0 Å². The van der Waals surface area contributed by atoms with E-state index in [0.29, 0.717) is 13.0 Å². The summed E-state index contributed by atoms with van der Waals surface area (Å²) in [6.07, 6.45) is 0.704. The Hall–Kier alpha value is -1.23. The van der Waals surface area contributed by atoms with E-state index in [0.717, 1.165) is 5.56 Å². The molecule has 0 aromatic heterocycles. The highest BCUT2D eigenvalue weighted by atomic mass is 32.2. The summed E-state index contributed by atoms with van der Waals surface area (Å²) in [5.41, 5.74) is 1.16. The molecule has 0 aliphatic heterocycles. The lowest BCUT2D eigenvalue weighted by atomic mass is 10.0. The summed E-state index contributed by atoms with van der Waals surface area (Å²) in [6.45, 7) is 0.435. The molecule has 2 aromatic carbocycles. The summed E-state index contributed by atoms with van der Waals surface area (Å²) in [5, 5.41) is 2.37. The molecule has 0 fully saturated rings. The summed E-state index contributed by atoms with van der Waals surface area (Å²) in [6, 6.07) is 14.2. The van der Waals surface area contributed by atoms with Crippen molar-refractivity contribution in [3.63, 3.8) is 0 Å². The molecule has 0 spiro atoms. The van der Waals surface area contributed by atoms with Crippen molar-refractivity contribution in [3.05, 3.63) is 48.0 Å². The lowest BCUT2D eigenvalue weighted by Crippen LogP contribution is -2.19. The molecule has 2 aromatic rings. The van der Waals surface area contributed by atoms with Crippen LogP contribution < -0.4 is 4.72 Å². The minimum Gasteiger partial charge on any atom is -0.760 e. The normalized spacial score (nSPS) is 12.8. The third-order valence-electron chi connectivity index (χ3n) is 2.49. The van der Waals surface area contributed by atoms with Gasteiger partial charge in [-0.05, 0) is 22.8 Å². The maximum atomic E-state index is 10.3. The molecule has 4 heteroatoms. The predicted octanol–water partition coefficient (Wildman–Crippen LogP) is 1.77. The molecular formula is C12H12NO2S-. The van der Waals surface area contributed by atoms with Gasteiger partial charge in [-0.2, -0.15) is 0 Å². The van der Waals surface area contributed by atoms with Crippen molar-refractivity contribution in [2.45, 2.75) is 6.42 Å². The summed E-state index contributed by atoms with van der Waals surface area (Å²) in [4.78, 5) is 0. The Labute approximate surface area is 96.9 Å². The Morgan fingerprint density at radius 3 is 2.69 bits per heavy atom. The number of hydrogen-bond acceptors (Lipinski definition) is 2. The predicted molar refractivity (Wildman–Crippen MR) is 64.6 cm³/mol. The van der Waals surface area contributed by atoms with Gasteiger partial charge in [-0.15, -0.1) is 0 Å². The van der Waals surface area contributed by atoms with Gasteiger partial charge in [-0.1, -0.05) is 42.5 Å². The quantitative estimate of drug-likeness (QED) is 0.820. The monoisotopic (exact) mass is 234 g/mol. The summed E-state index contributed by atoms with van der Waals surface area (Å²) >= 11 is -2.17. The first kappa shape index (κ1) is 11.3. The van der Waals surface area contributed by atoms with Gasteiger partial charge in [0.2, 0.25) is 0 Å². The van der Waals surface area contributed by atoms with Gasteiger partial charge in [0.05, 0.1) is 0 Å². The molecule has 84 valence electrons. The van der Waals surface area contributed by atoms with Gasteiger partial charge in [0.1, 0.15) is 0 Å². The van der Waals surface area contributed by atoms with E-state index >= 15 is 0 Å². The first-order chi connectivity index (χ1) is 7.77. The molecular weight excluding hydrogens is 222 g/mol. The van der Waals surface area contributed by atoms with Gasteiger partial charge in [-0.3, -0.25) is 4.21 Å². The van der Waals surface area contributed by atoms with Crippen molar-refractivity contribution in [1.29, 1.82) is 0 Å². The summed E-state index contributed by atoms with van der Waals surface area (Å²) in [7, 11) is 0. The molecule has 16 heavy (non-hydrogen) atoms. The maximum Gasteiger partial charge on any atom is 0.0181 e. The molecule has 0 amide bonds. The fourth-order valence-corrected chi connectivity index (χ4v) is 2.05. The van der Waals surface area contributed by atoms with Gasteiger partial charge in [0, 0.05) is 17.8 Å². The zero-order valence-corrected chi connectivity index (χ0v) is 9.50. The molecule has 2 rings (SSSR count). The third kappa shape index (κ3) is 2.66. The fourth-order valence-electron chi connectivity index (χ4n) is 1.78. The highest BCUT2D eigenvalue weighted by Gasteiger charge is 1.99. The van der Waals surface area contributed by atoms with Crippen molar-refractivity contribution < 1.29 is 8.76 Å². The van der Waals surface area contributed by atoms with Crippen LogP contribution in [0.3, 0.4) is 0 Å². The molecule has 0 aliphatic carbocycles. The Morgan fingerprint density at radius 2 is 1.88 bits per heavy atom. The number of benzene rings is 2. The van der Waals surface area contributed by atoms with Crippen LogP contribution in [0.1, 0.15) is 5.56 Å². The van der Waals surface area contributed by atoms with E-state index in [1.807, 2.05) is 24.3 Å². The van der Waals surface area contributed by atoms with Gasteiger partial charge in [0.15, 0.2) is 0 Å². The van der Waals surface area contributed by atoms with E-state index in [1.165, 1.54) is 10.8 Å². The molecule has 0 radical (unpaired) electrons. The zero-order chi connectivity index (χ0) is 11.4. The molecule has 0 heterocycles. The number of hydrogen-bond donors (Lipinski definition) is 1. The van der Waals surface area contributed by atoms with Crippen LogP contribution >= 0.6 is 0 Å². The lowest BCUT2D eigenvalue weighted by Gasteiger charge is -2.09. The fraction of sp³-hybridized carbons (Fsp3) is 0.167. The van der Waals surface area contributed by atoms with Crippen LogP contribution in [0.2, 0.25) is 0 Å². The molecule has 0 aliphatic rings. The van der Waals surface area contributed by atoms with Crippen molar-refractivity contribution in [2.75, 3.05) is 6.54 Å². The number of nitrogens with one attached hydrogen (secondary N) is 1. The van der Waals surface area contributed by atoms with Crippen LogP contribution in [0.25, 0.3) is 10.8 Å². The van der Waals surface area contributed by atoms with Gasteiger partial charge in [-0.25, -0.2) is 4.72 Å². The van der Waals surface area contributed by atoms with Gasteiger partial charge >= 0.3 is 0 Å². The van der Waals surface area contributed by atoms with Crippen LogP contribution in [0.15, 0.2) is 42.5 Å². The summed E-state index contributed by atoms with van der Waals surface area (Å²) < 4.78 is 23.1. The van der Waals surface area contributed by atoms with E-state index < -0.39 is 11.3 Å². The standard InChI is InChI=1S/C12H13NO2S/c14-16(15)13-9-8-11-6-3-5-10-4-1-2-7-12(10)11/h1-7,13H,8-9H2,(H,14,15)/p-1. The Kier molecular flexibility index (Phi) is 3.66. The van der Waals surface area contributed by atoms with E-state index in [4.69, 9.17) is 0 Å². The molecule has 1 unspecified atom stereocenters. The van der Waals surface area contributed by atoms with Crippen molar-refractivity contribution in [2.24, 2.45) is 0 Å². The molecule has 1 atom stereocenters. The van der Waals surface area contributed by atoms with Crippen LogP contribution in [0.5, 0.6) is 0 Å². The van der Waals surface area contributed by atoms with E-state index in [9.17, 15) is 8.76 Å². The highest BCUT2D eigenvalue weighted by Crippen LogP contribution is 2.18. The third-order valence-corrected chi connectivity index (χ3v) is 2.93. The van der Waals surface area contributed by atoms with Crippen LogP contribution in [-0.4, -0.2) is 15.3 Å². The van der Waals surface area contributed by atoms with Crippen LogP contribution in [0.4, 0.5) is 0 Å². The van der Waals surface area contributed by atoms with Crippen LogP contribution in [0, 0.1) is 0 Å². The molecule has 0 saturated carbocycles.